The first kappa shape index (κ1) is 67.7. The summed E-state index contributed by atoms with van der Waals surface area (Å²) >= 11 is 15.7. The quantitative estimate of drug-likeness (QED) is 0.132. The number of hydrogen-bond donors (Lipinski definition) is 4. The molecule has 2 unspecified atom stereocenters. The molecule has 2 saturated heterocycles. The van der Waals surface area contributed by atoms with E-state index in [0.29, 0.717) is 52.1 Å². The molecule has 6 aromatic heterocycles. The Balaban J connectivity index is 0.000000180. The molecule has 16 nitrogen and oxygen atoms in total. The molecule has 0 saturated carbocycles. The molecule has 9 rings (SSSR count). The normalized spacial score (nSPS) is 15.0. The highest BCUT2D eigenvalue weighted by atomic mass is 35.5. The average molecular weight is 1480 g/mol. The third-order valence-electron chi connectivity index (χ3n) is 10.6. The van der Waals surface area contributed by atoms with Gasteiger partial charge in [-0.15, -0.1) is 5.10 Å². The topological polar surface area (TPSA) is 206 Å². The summed E-state index contributed by atoms with van der Waals surface area (Å²) in [6.45, 7) is 2.57. The Morgan fingerprint density at radius 1 is 0.716 bits per heavy atom. The predicted molar refractivity (Wildman–Crippen MR) is 350 cm³/mol. The van der Waals surface area contributed by atoms with Gasteiger partial charge in [-0.1, -0.05) is 29.8 Å². The highest BCUT2D eigenvalue weighted by molar-refractivity contribution is 8.77. The number of pyridine rings is 2. The zero-order valence-corrected chi connectivity index (χ0v) is 55.9. The summed E-state index contributed by atoms with van der Waals surface area (Å²) < 4.78 is 99.3. The molecule has 440 valence electrons. The average Bonchev–Trinajstić information content (AvgIpc) is 4.23. The van der Waals surface area contributed by atoms with E-state index in [0.717, 1.165) is 58.3 Å². The van der Waals surface area contributed by atoms with Crippen LogP contribution in [0, 0.1) is 0 Å². The molecule has 81 heavy (non-hydrogen) atoms. The van der Waals surface area contributed by atoms with Gasteiger partial charge in [0.25, 0.3) is 10.0 Å². The third-order valence-corrected chi connectivity index (χ3v) is 43.7. The van der Waals surface area contributed by atoms with Crippen LogP contribution in [0.3, 0.4) is 0 Å². The van der Waals surface area contributed by atoms with E-state index < -0.39 is 47.0 Å². The lowest BCUT2D eigenvalue weighted by molar-refractivity contribution is -0.156. The van der Waals surface area contributed by atoms with Crippen molar-refractivity contribution in [3.05, 3.63) is 84.7 Å². The molecule has 8 heterocycles. The Labute approximate surface area is 515 Å². The van der Waals surface area contributed by atoms with Crippen molar-refractivity contribution in [3.8, 4) is 0 Å². The lowest BCUT2D eigenvalue weighted by Gasteiger charge is -2.35. The van der Waals surface area contributed by atoms with E-state index in [1.165, 1.54) is 36.4 Å². The van der Waals surface area contributed by atoms with Crippen LogP contribution >= 0.6 is 11.6 Å². The van der Waals surface area contributed by atoms with Crippen LogP contribution in [0.1, 0.15) is 38.5 Å². The second-order valence-corrected chi connectivity index (χ2v) is 44.7. The van der Waals surface area contributed by atoms with Gasteiger partial charge >= 0.3 is 12.4 Å². The molecule has 0 spiro atoms. The first-order valence-electron chi connectivity index (χ1n) is 22.5. The Bertz CT molecular complexity index is 4150. The summed E-state index contributed by atoms with van der Waals surface area (Å²) in [5, 5.41) is 26.1. The number of nitrogens with one attached hydrogen (secondary N) is 4. The molecular weight excluding hydrogens is 1440 g/mol. The molecule has 1 aromatic carbocycles. The number of H-pyrrole nitrogens is 1. The Morgan fingerprint density at radius 3 is 1.91 bits per heavy atom. The van der Waals surface area contributed by atoms with Gasteiger partial charge in [0, 0.05) is 221 Å². The van der Waals surface area contributed by atoms with Crippen LogP contribution in [0.5, 0.6) is 0 Å². The van der Waals surface area contributed by atoms with Crippen molar-refractivity contribution in [1.29, 1.82) is 0 Å². The lowest BCUT2D eigenvalue weighted by atomic mass is 10.0. The van der Waals surface area contributed by atoms with Gasteiger partial charge in [-0.05, 0) is 56.5 Å². The number of carbonyl (C=O) groups excluding carboxylic acids is 2. The largest absolute Gasteiger partial charge is 0.397 e. The number of rotatable bonds is 7. The van der Waals surface area contributed by atoms with Crippen LogP contribution < -0.4 is 20.9 Å². The van der Waals surface area contributed by atoms with Crippen molar-refractivity contribution >= 4 is 239 Å². The second kappa shape index (κ2) is 34.6. The summed E-state index contributed by atoms with van der Waals surface area (Å²) in [6.07, 6.45) is 0.653. The van der Waals surface area contributed by atoms with E-state index in [2.05, 4.69) is 51.3 Å². The van der Waals surface area contributed by atoms with Crippen molar-refractivity contribution in [2.24, 2.45) is 0 Å². The minimum Gasteiger partial charge on any atom is -0.368 e. The van der Waals surface area contributed by atoms with Gasteiger partial charge < -0.3 is 20.9 Å². The number of alkyl halides is 6. The summed E-state index contributed by atoms with van der Waals surface area (Å²) in [4.78, 5) is 37.5. The summed E-state index contributed by atoms with van der Waals surface area (Å²) in [5.74, 6) is -1.93. The fraction of sp³-hybridized carbons (Fsp3) is 0.350. The standard InChI is InChI=1S/C17H17F3N6O.C15H9ClN4O2S.C8H13F3N2O.S17/c18-17(19,20)6-14(27)24-10-2-1-5-26(9-10)13-8-23-25-12-7-22-16-11(15(12)13)3-4-21-16;16-12-8-18-19-13-9-17-15-11(14(12)13)6-7-20(15)23(21,22)10-4-2-1-3-5-10;9-8(10,11)4-7(14)13-6-2-1-3-12-5-6;1-3-5-7-9-11-13-15-17-16-14-12-10-8-6-4-2/h3-4,7-8,10,25H,1-2,5-6,9H2,(H,24,27);1-9H;6,12H,1-5H2,(H,13,14);. The van der Waals surface area contributed by atoms with E-state index in [1.54, 1.807) is 170 Å². The number of hydrogen-bond acceptors (Lipinski definition) is 14. The molecule has 2 atom stereocenters. The maximum Gasteiger partial charge on any atom is 0.397 e. The zero-order chi connectivity index (χ0) is 58.3. The highest BCUT2D eigenvalue weighted by Gasteiger charge is 2.34. The van der Waals surface area contributed by atoms with Crippen LogP contribution in [0.25, 0.3) is 43.9 Å². The monoisotopic (exact) mass is 1480 g/mol. The SMILES string of the molecule is O=C(CC(F)(F)F)NC1CCCN(c2cn[nH]c3cnc4nccc4c23)C1.O=C(CC(F)(F)F)NC1CCCNC1.O=S(=O)(c1ccccc1)n1ccc2c3c(Cl)cnnc3cnc21.S=S=S=S=S=S=S=S=S=S=S=S=S=S=S=S=S. The fourth-order valence-corrected chi connectivity index (χ4v) is 44.9. The first-order valence-corrected chi connectivity index (χ1v) is 45.6. The van der Waals surface area contributed by atoms with Gasteiger partial charge in [0.05, 0.1) is 45.9 Å². The third kappa shape index (κ3) is 22.4. The van der Waals surface area contributed by atoms with Crippen molar-refractivity contribution in [2.45, 2.75) is 67.9 Å². The minimum atomic E-state index is -4.50. The number of piperidine rings is 2. The minimum absolute atomic E-state index is 0.154. The van der Waals surface area contributed by atoms with Crippen LogP contribution in [-0.4, -0.2) is 110 Å². The second-order valence-electron chi connectivity index (χ2n) is 15.9. The van der Waals surface area contributed by atoms with Crippen molar-refractivity contribution in [1.82, 2.24) is 55.3 Å². The highest BCUT2D eigenvalue weighted by Crippen LogP contribution is 2.33. The van der Waals surface area contributed by atoms with Crippen LogP contribution in [0.4, 0.5) is 32.0 Å². The molecule has 2 aliphatic heterocycles. The number of aromatic amines is 1. The molecule has 0 aliphatic carbocycles. The number of carbonyl (C=O) groups is 2. The van der Waals surface area contributed by atoms with E-state index in [9.17, 15) is 44.3 Å². The number of fused-ring (bicyclic) bond motifs is 6. The van der Waals surface area contributed by atoms with Crippen LogP contribution in [0.15, 0.2) is 84.5 Å². The first-order chi connectivity index (χ1) is 38.9. The van der Waals surface area contributed by atoms with Gasteiger partial charge in [-0.25, -0.2) is 27.3 Å². The summed E-state index contributed by atoms with van der Waals surface area (Å²) in [5.41, 5.74) is 3.03. The van der Waals surface area contributed by atoms with E-state index in [4.69, 9.17) is 34.0 Å². The van der Waals surface area contributed by atoms with Gasteiger partial charge in [0.15, 0.2) is 11.3 Å². The number of aromatic nitrogens is 8. The molecule has 2 aliphatic rings. The van der Waals surface area contributed by atoms with Crippen LogP contribution in [-0.2, 0) is 175 Å². The summed E-state index contributed by atoms with van der Waals surface area (Å²) in [7, 11) is 21.6. The Morgan fingerprint density at radius 2 is 1.32 bits per heavy atom. The number of amides is 2. The molecule has 4 N–H and O–H groups in total. The molecule has 0 bridgehead atoms. The van der Waals surface area contributed by atoms with E-state index in [-0.39, 0.29) is 17.0 Å². The molecule has 0 radical (unpaired) electrons. The van der Waals surface area contributed by atoms with Crippen molar-refractivity contribution in [3.63, 3.8) is 0 Å². The summed E-state index contributed by atoms with van der Waals surface area (Å²) in [6, 6.07) is 11.2. The van der Waals surface area contributed by atoms with Crippen molar-refractivity contribution < 1.29 is 44.3 Å². The molecule has 7 aromatic rings. The number of halogens is 7. The molecule has 2 fully saturated rings. The van der Waals surface area contributed by atoms with E-state index >= 15 is 0 Å². The predicted octanol–water partition coefficient (Wildman–Crippen LogP) is 6.18. The maximum atomic E-state index is 12.8. The number of nitrogens with zero attached hydrogens (tertiary/aromatic N) is 8. The molecular formula is C40H39ClF6N12O4S18. The van der Waals surface area contributed by atoms with Gasteiger partial charge in [0.1, 0.15) is 18.4 Å². The Kier molecular flexibility index (Phi) is 28.9. The lowest BCUT2D eigenvalue weighted by Crippen LogP contribution is -2.48. The maximum absolute atomic E-state index is 12.8. The van der Waals surface area contributed by atoms with Gasteiger partial charge in [0.2, 0.25) is 11.8 Å². The number of anilines is 1. The smallest absolute Gasteiger partial charge is 0.368 e. The fourth-order valence-electron chi connectivity index (χ4n) is 7.63. The van der Waals surface area contributed by atoms with Crippen molar-refractivity contribution in [2.75, 3.05) is 31.1 Å². The van der Waals surface area contributed by atoms with Crippen LogP contribution in [0.2, 0.25) is 5.02 Å². The number of benzene rings is 1. The van der Waals surface area contributed by atoms with E-state index in [1.807, 2.05) is 11.0 Å². The van der Waals surface area contributed by atoms with Gasteiger partial charge in [-0.2, -0.15) is 36.5 Å². The van der Waals surface area contributed by atoms with Gasteiger partial charge in [-0.3, -0.25) is 14.7 Å². The zero-order valence-electron chi connectivity index (χ0n) is 40.4. The molecule has 41 heteroatoms. The Hall–Kier alpha value is -2.46. The molecule has 2 amide bonds.